The van der Waals surface area contributed by atoms with E-state index in [-0.39, 0.29) is 16.5 Å². The van der Waals surface area contributed by atoms with Crippen molar-refractivity contribution in [3.63, 3.8) is 0 Å². The van der Waals surface area contributed by atoms with Gasteiger partial charge in [-0.25, -0.2) is 17.9 Å². The third kappa shape index (κ3) is 4.27. The van der Waals surface area contributed by atoms with Gasteiger partial charge in [-0.2, -0.15) is 0 Å². The number of nitrogens with one attached hydrogen (secondary N) is 1. The van der Waals surface area contributed by atoms with E-state index in [2.05, 4.69) is 9.62 Å². The second-order valence-electron chi connectivity index (χ2n) is 5.96. The van der Waals surface area contributed by atoms with Gasteiger partial charge in [0.25, 0.3) is 0 Å². The van der Waals surface area contributed by atoms with Gasteiger partial charge in [-0.15, -0.1) is 11.3 Å². The number of carboxylic acids is 1. The van der Waals surface area contributed by atoms with Crippen LogP contribution in [0.25, 0.3) is 0 Å². The minimum absolute atomic E-state index is 0.0237. The fourth-order valence-electron chi connectivity index (χ4n) is 2.99. The number of carboxylic acid groups (broad SMARTS) is 1. The van der Waals surface area contributed by atoms with Crippen molar-refractivity contribution in [1.29, 1.82) is 0 Å². The third-order valence-corrected chi connectivity index (χ3v) is 6.74. The van der Waals surface area contributed by atoms with Crippen molar-refractivity contribution in [2.45, 2.75) is 23.8 Å². The summed E-state index contributed by atoms with van der Waals surface area (Å²) >= 11 is 1.63. The summed E-state index contributed by atoms with van der Waals surface area (Å²) in [6.45, 7) is 2.23. The average molecular weight is 380 g/mol. The Balaban J connectivity index is 1.73. The lowest BCUT2D eigenvalue weighted by molar-refractivity contribution is 0.0696. The first-order chi connectivity index (χ1) is 12.0. The number of sulfonamides is 1. The predicted molar refractivity (Wildman–Crippen MR) is 96.5 cm³/mol. The number of carbonyl (C=O) groups is 1. The molecule has 0 spiro atoms. The molecule has 1 aliphatic rings. The number of likely N-dealkylation sites (tertiary alicyclic amines) is 1. The molecule has 2 heterocycles. The summed E-state index contributed by atoms with van der Waals surface area (Å²) in [5.74, 6) is -1.08. The molecule has 2 N–H and O–H groups in total. The zero-order valence-electron chi connectivity index (χ0n) is 13.6. The van der Waals surface area contributed by atoms with Crippen molar-refractivity contribution >= 4 is 27.3 Å². The molecular weight excluding hydrogens is 360 g/mol. The largest absolute Gasteiger partial charge is 0.478 e. The minimum atomic E-state index is -3.68. The van der Waals surface area contributed by atoms with Crippen LogP contribution in [0, 0.1) is 0 Å². The summed E-state index contributed by atoms with van der Waals surface area (Å²) < 4.78 is 27.7. The van der Waals surface area contributed by atoms with E-state index < -0.39 is 16.0 Å². The molecule has 8 heteroatoms. The molecule has 0 bridgehead atoms. The van der Waals surface area contributed by atoms with Crippen LogP contribution < -0.4 is 4.72 Å². The molecule has 1 fully saturated rings. The molecule has 1 atom stereocenters. The van der Waals surface area contributed by atoms with Crippen molar-refractivity contribution in [2.75, 3.05) is 19.6 Å². The summed E-state index contributed by atoms with van der Waals surface area (Å²) in [6.07, 6.45) is 2.26. The first kappa shape index (κ1) is 18.1. The summed E-state index contributed by atoms with van der Waals surface area (Å²) in [4.78, 5) is 14.4. The van der Waals surface area contributed by atoms with Gasteiger partial charge < -0.3 is 5.11 Å². The smallest absolute Gasteiger partial charge is 0.335 e. The Morgan fingerprint density at radius 2 is 1.88 bits per heavy atom. The molecule has 0 saturated carbocycles. The number of hydrogen-bond donors (Lipinski definition) is 2. The van der Waals surface area contributed by atoms with E-state index in [0.29, 0.717) is 6.54 Å². The van der Waals surface area contributed by atoms with Crippen LogP contribution in [0.1, 0.15) is 34.1 Å². The maximum Gasteiger partial charge on any atom is 0.335 e. The van der Waals surface area contributed by atoms with Crippen LogP contribution in [0.3, 0.4) is 0 Å². The van der Waals surface area contributed by atoms with Gasteiger partial charge in [0, 0.05) is 11.4 Å². The highest BCUT2D eigenvalue weighted by molar-refractivity contribution is 7.89. The first-order valence-electron chi connectivity index (χ1n) is 8.08. The van der Waals surface area contributed by atoms with Gasteiger partial charge in [-0.05, 0) is 61.6 Å². The molecule has 1 aliphatic heterocycles. The molecule has 25 heavy (non-hydrogen) atoms. The van der Waals surface area contributed by atoms with Gasteiger partial charge in [0.1, 0.15) is 0 Å². The molecule has 0 aliphatic carbocycles. The van der Waals surface area contributed by atoms with Gasteiger partial charge >= 0.3 is 5.97 Å². The minimum Gasteiger partial charge on any atom is -0.478 e. The lowest BCUT2D eigenvalue weighted by Crippen LogP contribution is -2.36. The van der Waals surface area contributed by atoms with E-state index in [0.717, 1.165) is 30.8 Å². The molecule has 0 radical (unpaired) electrons. The molecule has 134 valence electrons. The highest BCUT2D eigenvalue weighted by Gasteiger charge is 2.26. The number of thiophene rings is 1. The average Bonchev–Trinajstić information content (AvgIpc) is 3.29. The van der Waals surface area contributed by atoms with Crippen LogP contribution in [0.4, 0.5) is 0 Å². The predicted octanol–water partition coefficient (Wildman–Crippen LogP) is 2.56. The van der Waals surface area contributed by atoms with Crippen molar-refractivity contribution in [3.05, 3.63) is 52.2 Å². The third-order valence-electron chi connectivity index (χ3n) is 4.33. The number of nitrogens with zero attached hydrogens (tertiary/aromatic N) is 1. The van der Waals surface area contributed by atoms with E-state index in [1.165, 1.54) is 24.3 Å². The van der Waals surface area contributed by atoms with Crippen LogP contribution in [0.2, 0.25) is 0 Å². The topological polar surface area (TPSA) is 86.7 Å². The summed E-state index contributed by atoms with van der Waals surface area (Å²) in [7, 11) is -3.68. The molecule has 1 aromatic carbocycles. The Morgan fingerprint density at radius 3 is 2.44 bits per heavy atom. The summed E-state index contributed by atoms with van der Waals surface area (Å²) in [5.41, 5.74) is 0.0625. The van der Waals surface area contributed by atoms with E-state index in [4.69, 9.17) is 5.11 Å². The van der Waals surface area contributed by atoms with Crippen molar-refractivity contribution in [1.82, 2.24) is 9.62 Å². The molecule has 2 aromatic rings. The zero-order valence-corrected chi connectivity index (χ0v) is 15.2. The Morgan fingerprint density at radius 1 is 1.20 bits per heavy atom. The monoisotopic (exact) mass is 380 g/mol. The Hall–Kier alpha value is -1.74. The molecular formula is C17H20N2O4S2. The number of hydrogen-bond acceptors (Lipinski definition) is 5. The van der Waals surface area contributed by atoms with Gasteiger partial charge in [0.2, 0.25) is 10.0 Å². The van der Waals surface area contributed by atoms with Crippen molar-refractivity contribution in [2.24, 2.45) is 0 Å². The fourth-order valence-corrected chi connectivity index (χ4v) is 4.89. The fraction of sp³-hybridized carbons (Fsp3) is 0.353. The van der Waals surface area contributed by atoms with Crippen LogP contribution in [0.5, 0.6) is 0 Å². The Bertz CT molecular complexity index is 811. The highest BCUT2D eigenvalue weighted by Crippen LogP contribution is 2.28. The Kier molecular flexibility index (Phi) is 5.53. The summed E-state index contributed by atoms with van der Waals surface area (Å²) in [6, 6.07) is 9.27. The SMILES string of the molecule is O=C(O)c1ccc(S(=O)(=O)NC[C@@H](c2cccs2)N2CCCC2)cc1. The number of aromatic carboxylic acids is 1. The van der Waals surface area contributed by atoms with Crippen molar-refractivity contribution in [3.8, 4) is 0 Å². The van der Waals surface area contributed by atoms with Gasteiger partial charge in [0.05, 0.1) is 16.5 Å². The summed E-state index contributed by atoms with van der Waals surface area (Å²) in [5, 5.41) is 10.9. The molecule has 0 amide bonds. The molecule has 6 nitrogen and oxygen atoms in total. The quantitative estimate of drug-likeness (QED) is 0.771. The van der Waals surface area contributed by atoms with E-state index in [9.17, 15) is 13.2 Å². The van der Waals surface area contributed by atoms with Crippen LogP contribution in [0.15, 0.2) is 46.7 Å². The standard InChI is InChI=1S/C17H20N2O4S2/c20-17(21)13-5-7-14(8-6-13)25(22,23)18-12-15(16-4-3-11-24-16)19-9-1-2-10-19/h3-8,11,15,18H,1-2,9-10,12H2,(H,20,21)/t15-/m0/s1. The molecule has 0 unspecified atom stereocenters. The van der Waals surface area contributed by atoms with Gasteiger partial charge in [-0.3, -0.25) is 4.90 Å². The maximum atomic E-state index is 12.5. The molecule has 1 aromatic heterocycles. The lowest BCUT2D eigenvalue weighted by Gasteiger charge is -2.26. The first-order valence-corrected chi connectivity index (χ1v) is 10.4. The van der Waals surface area contributed by atoms with Gasteiger partial charge in [-0.1, -0.05) is 6.07 Å². The normalized spacial score (nSPS) is 16.8. The number of benzene rings is 1. The zero-order chi connectivity index (χ0) is 17.9. The van der Waals surface area contributed by atoms with Crippen LogP contribution in [-0.2, 0) is 10.0 Å². The highest BCUT2D eigenvalue weighted by atomic mass is 32.2. The Labute approximate surface area is 151 Å². The van der Waals surface area contributed by atoms with E-state index in [1.807, 2.05) is 17.5 Å². The lowest BCUT2D eigenvalue weighted by atomic mass is 10.2. The maximum absolute atomic E-state index is 12.5. The molecule has 1 saturated heterocycles. The second-order valence-corrected chi connectivity index (χ2v) is 8.70. The van der Waals surface area contributed by atoms with Crippen molar-refractivity contribution < 1.29 is 18.3 Å². The van der Waals surface area contributed by atoms with Crippen LogP contribution >= 0.6 is 11.3 Å². The van der Waals surface area contributed by atoms with E-state index >= 15 is 0 Å². The van der Waals surface area contributed by atoms with E-state index in [1.54, 1.807) is 11.3 Å². The van der Waals surface area contributed by atoms with Gasteiger partial charge in [0.15, 0.2) is 0 Å². The molecule has 3 rings (SSSR count). The van der Waals surface area contributed by atoms with Crippen LogP contribution in [-0.4, -0.2) is 44.0 Å². The number of rotatable bonds is 7. The second kappa shape index (κ2) is 7.65.